The van der Waals surface area contributed by atoms with E-state index in [9.17, 15) is 9.90 Å². The molecule has 17 heavy (non-hydrogen) atoms. The van der Waals surface area contributed by atoms with Gasteiger partial charge in [0.25, 0.3) is 5.91 Å². The number of carbonyl (C=O) groups is 1. The van der Waals surface area contributed by atoms with Crippen molar-refractivity contribution in [2.75, 3.05) is 6.54 Å². The molecule has 0 radical (unpaired) electrons. The Hall–Kier alpha value is -1.36. The van der Waals surface area contributed by atoms with E-state index < -0.39 is 6.10 Å². The summed E-state index contributed by atoms with van der Waals surface area (Å²) in [6.45, 7) is 8.04. The highest BCUT2D eigenvalue weighted by Crippen LogP contribution is 2.20. The lowest BCUT2D eigenvalue weighted by atomic mass is 9.89. The molecular weight excluding hydrogens is 220 g/mol. The summed E-state index contributed by atoms with van der Waals surface area (Å²) >= 11 is 0. The van der Waals surface area contributed by atoms with Crippen molar-refractivity contribution in [1.82, 2.24) is 10.5 Å². The van der Waals surface area contributed by atoms with Gasteiger partial charge < -0.3 is 14.9 Å². The van der Waals surface area contributed by atoms with E-state index in [2.05, 4.69) is 10.5 Å². The lowest BCUT2D eigenvalue weighted by molar-refractivity contribution is 0.0867. The topological polar surface area (TPSA) is 75.4 Å². The highest BCUT2D eigenvalue weighted by Gasteiger charge is 2.18. The van der Waals surface area contributed by atoms with E-state index in [0.717, 1.165) is 0 Å². The highest BCUT2D eigenvalue weighted by atomic mass is 16.5. The first-order valence-electron chi connectivity index (χ1n) is 5.67. The summed E-state index contributed by atoms with van der Waals surface area (Å²) in [5.74, 6) is 0.213. The summed E-state index contributed by atoms with van der Waals surface area (Å²) in [5.41, 5.74) is 0.449. The van der Waals surface area contributed by atoms with Crippen LogP contribution in [0.25, 0.3) is 0 Å². The van der Waals surface area contributed by atoms with Crippen molar-refractivity contribution in [1.29, 1.82) is 0 Å². The Labute approximate surface area is 101 Å². The van der Waals surface area contributed by atoms with Gasteiger partial charge in [-0.25, -0.2) is 0 Å². The minimum Gasteiger partial charge on any atom is -0.391 e. The van der Waals surface area contributed by atoms with Crippen molar-refractivity contribution in [3.05, 3.63) is 17.5 Å². The molecule has 1 heterocycles. The van der Waals surface area contributed by atoms with Crippen molar-refractivity contribution in [3.63, 3.8) is 0 Å². The second-order valence-corrected chi connectivity index (χ2v) is 5.42. The van der Waals surface area contributed by atoms with Crippen LogP contribution >= 0.6 is 0 Å². The highest BCUT2D eigenvalue weighted by molar-refractivity contribution is 5.94. The second kappa shape index (κ2) is 5.31. The lowest BCUT2D eigenvalue weighted by Crippen LogP contribution is -2.34. The van der Waals surface area contributed by atoms with E-state index in [4.69, 9.17) is 4.52 Å². The third-order valence-electron chi connectivity index (χ3n) is 2.34. The van der Waals surface area contributed by atoms with E-state index in [-0.39, 0.29) is 17.9 Å². The first kappa shape index (κ1) is 13.7. The van der Waals surface area contributed by atoms with Gasteiger partial charge in [-0.2, -0.15) is 0 Å². The number of carbonyl (C=O) groups excluding carboxylic acids is 1. The Morgan fingerprint density at radius 3 is 2.71 bits per heavy atom. The van der Waals surface area contributed by atoms with Gasteiger partial charge in [0.05, 0.1) is 12.3 Å². The molecule has 96 valence electrons. The van der Waals surface area contributed by atoms with E-state index in [1.807, 2.05) is 20.8 Å². The molecule has 1 unspecified atom stereocenters. The zero-order valence-corrected chi connectivity index (χ0v) is 10.8. The van der Waals surface area contributed by atoms with Crippen LogP contribution in [0.3, 0.4) is 0 Å². The molecule has 1 rings (SSSR count). The van der Waals surface area contributed by atoms with Crippen molar-refractivity contribution in [3.8, 4) is 0 Å². The molecular formula is C12H20N2O3. The summed E-state index contributed by atoms with van der Waals surface area (Å²) < 4.78 is 4.80. The van der Waals surface area contributed by atoms with Crippen LogP contribution in [0.4, 0.5) is 0 Å². The molecule has 0 fully saturated rings. The lowest BCUT2D eigenvalue weighted by Gasteiger charge is -2.22. The maximum absolute atomic E-state index is 11.7. The summed E-state index contributed by atoms with van der Waals surface area (Å²) in [7, 11) is 0. The molecule has 1 amide bonds. The molecule has 0 bridgehead atoms. The molecule has 5 nitrogen and oxygen atoms in total. The molecule has 0 aromatic carbocycles. The molecule has 0 aliphatic carbocycles. The Morgan fingerprint density at radius 2 is 2.24 bits per heavy atom. The van der Waals surface area contributed by atoms with Crippen LogP contribution in [0.1, 0.15) is 43.3 Å². The van der Waals surface area contributed by atoms with Crippen LogP contribution < -0.4 is 5.32 Å². The van der Waals surface area contributed by atoms with Gasteiger partial charge in [-0.3, -0.25) is 4.79 Å². The fourth-order valence-electron chi connectivity index (χ4n) is 1.60. The maximum Gasteiger partial charge on any atom is 0.256 e. The average Bonchev–Trinajstić information content (AvgIpc) is 2.58. The minimum absolute atomic E-state index is 0.0389. The molecule has 1 aromatic rings. The number of amides is 1. The van der Waals surface area contributed by atoms with Crippen LogP contribution in [-0.4, -0.2) is 28.8 Å². The third-order valence-corrected chi connectivity index (χ3v) is 2.34. The number of aromatic nitrogens is 1. The molecule has 0 saturated carbocycles. The predicted octanol–water partition coefficient (Wildman–Crippen LogP) is 1.51. The molecule has 0 spiro atoms. The van der Waals surface area contributed by atoms with Gasteiger partial charge in [-0.15, -0.1) is 0 Å². The number of hydrogen-bond acceptors (Lipinski definition) is 4. The van der Waals surface area contributed by atoms with Crippen LogP contribution in [-0.2, 0) is 0 Å². The molecule has 0 aliphatic rings. The number of aliphatic hydroxyl groups is 1. The first-order valence-corrected chi connectivity index (χ1v) is 5.67. The Morgan fingerprint density at radius 1 is 1.59 bits per heavy atom. The molecule has 5 heteroatoms. The normalized spacial score (nSPS) is 13.5. The standard InChI is InChI=1S/C12H20N2O3/c1-8-10(7-14-17-8)11(16)13-6-9(15)5-12(2,3)4/h7,9,15H,5-6H2,1-4H3,(H,13,16). The zero-order valence-electron chi connectivity index (χ0n) is 10.8. The average molecular weight is 240 g/mol. The van der Waals surface area contributed by atoms with Crippen LogP contribution in [0.15, 0.2) is 10.7 Å². The summed E-state index contributed by atoms with van der Waals surface area (Å²) in [6, 6.07) is 0. The SMILES string of the molecule is Cc1oncc1C(=O)NCC(O)CC(C)(C)C. The number of aryl methyl sites for hydroxylation is 1. The first-order chi connectivity index (χ1) is 7.79. The van der Waals surface area contributed by atoms with Crippen molar-refractivity contribution in [2.24, 2.45) is 5.41 Å². The van der Waals surface area contributed by atoms with E-state index in [1.54, 1.807) is 6.92 Å². The fourth-order valence-corrected chi connectivity index (χ4v) is 1.60. The van der Waals surface area contributed by atoms with E-state index in [0.29, 0.717) is 17.7 Å². The molecule has 2 N–H and O–H groups in total. The van der Waals surface area contributed by atoms with E-state index in [1.165, 1.54) is 6.20 Å². The monoisotopic (exact) mass is 240 g/mol. The van der Waals surface area contributed by atoms with Crippen molar-refractivity contribution < 1.29 is 14.4 Å². The molecule has 1 atom stereocenters. The van der Waals surface area contributed by atoms with Crippen LogP contribution in [0.5, 0.6) is 0 Å². The largest absolute Gasteiger partial charge is 0.391 e. The van der Waals surface area contributed by atoms with Gasteiger partial charge in [0.2, 0.25) is 0 Å². The van der Waals surface area contributed by atoms with Gasteiger partial charge in [0, 0.05) is 6.54 Å². The second-order valence-electron chi connectivity index (χ2n) is 5.42. The number of nitrogens with one attached hydrogen (secondary N) is 1. The minimum atomic E-state index is -0.542. The summed E-state index contributed by atoms with van der Waals surface area (Å²) in [4.78, 5) is 11.7. The number of rotatable bonds is 4. The Bertz CT molecular complexity index is 379. The third kappa shape index (κ3) is 4.56. The van der Waals surface area contributed by atoms with Crippen LogP contribution in [0.2, 0.25) is 0 Å². The van der Waals surface area contributed by atoms with Gasteiger partial charge in [-0.05, 0) is 18.8 Å². The molecule has 0 saturated heterocycles. The molecule has 1 aromatic heterocycles. The Kier molecular flexibility index (Phi) is 4.28. The summed E-state index contributed by atoms with van der Waals surface area (Å²) in [6.07, 6.45) is 1.47. The Balaban J connectivity index is 2.42. The van der Waals surface area contributed by atoms with Crippen molar-refractivity contribution >= 4 is 5.91 Å². The van der Waals surface area contributed by atoms with Gasteiger partial charge in [0.1, 0.15) is 11.3 Å². The zero-order chi connectivity index (χ0) is 13.1. The number of aliphatic hydroxyl groups excluding tert-OH is 1. The molecule has 0 aliphatic heterocycles. The van der Waals surface area contributed by atoms with Crippen LogP contribution in [0, 0.1) is 12.3 Å². The van der Waals surface area contributed by atoms with E-state index >= 15 is 0 Å². The number of hydrogen-bond donors (Lipinski definition) is 2. The maximum atomic E-state index is 11.7. The predicted molar refractivity (Wildman–Crippen MR) is 63.7 cm³/mol. The fraction of sp³-hybridized carbons (Fsp3) is 0.667. The van der Waals surface area contributed by atoms with Gasteiger partial charge in [-0.1, -0.05) is 25.9 Å². The number of nitrogens with zero attached hydrogens (tertiary/aromatic N) is 1. The summed E-state index contributed by atoms with van der Waals surface area (Å²) in [5, 5.41) is 15.9. The quantitative estimate of drug-likeness (QED) is 0.836. The van der Waals surface area contributed by atoms with Gasteiger partial charge in [0.15, 0.2) is 0 Å². The van der Waals surface area contributed by atoms with Crippen molar-refractivity contribution in [2.45, 2.75) is 40.2 Å². The smallest absolute Gasteiger partial charge is 0.256 e. The van der Waals surface area contributed by atoms with Gasteiger partial charge >= 0.3 is 0 Å².